The van der Waals surface area contributed by atoms with Gasteiger partial charge in [-0.1, -0.05) is 26.2 Å². The van der Waals surface area contributed by atoms with Crippen LogP contribution < -0.4 is 11.1 Å². The van der Waals surface area contributed by atoms with Crippen molar-refractivity contribution in [1.29, 1.82) is 0 Å². The van der Waals surface area contributed by atoms with Crippen molar-refractivity contribution in [2.45, 2.75) is 64.5 Å². The smallest absolute Gasteiger partial charge is 0.221 e. The molecular formula is C12H24N2O. The Bertz CT molecular complexity index is 204. The molecule has 88 valence electrons. The molecule has 15 heavy (non-hydrogen) atoms. The molecule has 3 atom stereocenters. The summed E-state index contributed by atoms with van der Waals surface area (Å²) in [5.74, 6) is 0.730. The molecule has 0 aromatic carbocycles. The van der Waals surface area contributed by atoms with Crippen LogP contribution in [0.2, 0.25) is 0 Å². The lowest BCUT2D eigenvalue weighted by atomic mass is 9.97. The monoisotopic (exact) mass is 212 g/mol. The third-order valence-electron chi connectivity index (χ3n) is 3.22. The summed E-state index contributed by atoms with van der Waals surface area (Å²) in [5.41, 5.74) is 5.60. The Morgan fingerprint density at radius 2 is 2.07 bits per heavy atom. The van der Waals surface area contributed by atoms with Crippen LogP contribution in [0.3, 0.4) is 0 Å². The number of nitrogens with two attached hydrogens (primary N) is 1. The van der Waals surface area contributed by atoms with Crippen molar-refractivity contribution in [3.05, 3.63) is 0 Å². The van der Waals surface area contributed by atoms with Gasteiger partial charge in [0.15, 0.2) is 0 Å². The van der Waals surface area contributed by atoms with Crippen LogP contribution in [0.25, 0.3) is 0 Å². The third-order valence-corrected chi connectivity index (χ3v) is 3.22. The first-order valence-electron chi connectivity index (χ1n) is 6.14. The van der Waals surface area contributed by atoms with Gasteiger partial charge in [0, 0.05) is 18.5 Å². The Morgan fingerprint density at radius 3 is 2.73 bits per heavy atom. The maximum Gasteiger partial charge on any atom is 0.221 e. The van der Waals surface area contributed by atoms with Crippen molar-refractivity contribution in [1.82, 2.24) is 5.32 Å². The summed E-state index contributed by atoms with van der Waals surface area (Å²) in [6, 6.07) is 0.338. The van der Waals surface area contributed by atoms with Crippen LogP contribution in [0.4, 0.5) is 0 Å². The summed E-state index contributed by atoms with van der Waals surface area (Å²) in [6.07, 6.45) is 6.68. The van der Waals surface area contributed by atoms with Gasteiger partial charge in [-0.25, -0.2) is 0 Å². The molecule has 0 heterocycles. The van der Waals surface area contributed by atoms with Crippen molar-refractivity contribution in [2.75, 3.05) is 0 Å². The summed E-state index contributed by atoms with van der Waals surface area (Å²) >= 11 is 0. The van der Waals surface area contributed by atoms with Gasteiger partial charge in [0.2, 0.25) is 5.91 Å². The lowest BCUT2D eigenvalue weighted by Crippen LogP contribution is -2.40. The minimum Gasteiger partial charge on any atom is -0.353 e. The van der Waals surface area contributed by atoms with Gasteiger partial charge in [0.05, 0.1) is 0 Å². The van der Waals surface area contributed by atoms with Gasteiger partial charge in [-0.15, -0.1) is 0 Å². The van der Waals surface area contributed by atoms with Gasteiger partial charge in [0.1, 0.15) is 0 Å². The molecule has 3 heteroatoms. The highest BCUT2D eigenvalue weighted by molar-refractivity contribution is 5.76. The molecule has 3 unspecified atom stereocenters. The van der Waals surface area contributed by atoms with E-state index >= 15 is 0 Å². The zero-order valence-corrected chi connectivity index (χ0v) is 9.96. The number of amides is 1. The van der Waals surface area contributed by atoms with Gasteiger partial charge in [-0.05, 0) is 25.7 Å². The maximum atomic E-state index is 11.6. The van der Waals surface area contributed by atoms with E-state index < -0.39 is 0 Å². The average molecular weight is 212 g/mol. The first-order chi connectivity index (χ1) is 7.09. The predicted molar refractivity (Wildman–Crippen MR) is 62.4 cm³/mol. The third kappa shape index (κ3) is 4.65. The number of hydrogen-bond acceptors (Lipinski definition) is 2. The van der Waals surface area contributed by atoms with E-state index in [1.165, 1.54) is 25.7 Å². The second kappa shape index (κ2) is 6.11. The van der Waals surface area contributed by atoms with Crippen LogP contribution in [-0.4, -0.2) is 18.0 Å². The number of hydrogen-bond donors (Lipinski definition) is 2. The van der Waals surface area contributed by atoms with Gasteiger partial charge in [0.25, 0.3) is 0 Å². The van der Waals surface area contributed by atoms with Crippen LogP contribution >= 0.6 is 0 Å². The predicted octanol–water partition coefficient (Wildman–Crippen LogP) is 1.81. The number of rotatable bonds is 3. The van der Waals surface area contributed by atoms with Crippen LogP contribution in [-0.2, 0) is 4.79 Å². The van der Waals surface area contributed by atoms with Crippen molar-refractivity contribution in [2.24, 2.45) is 11.7 Å². The Balaban J connectivity index is 2.37. The van der Waals surface area contributed by atoms with Gasteiger partial charge in [-0.3, -0.25) is 4.79 Å². The lowest BCUT2D eigenvalue weighted by Gasteiger charge is -2.23. The van der Waals surface area contributed by atoms with Crippen LogP contribution in [0.1, 0.15) is 52.4 Å². The highest BCUT2D eigenvalue weighted by Gasteiger charge is 2.21. The average Bonchev–Trinajstić information content (AvgIpc) is 2.30. The molecule has 1 saturated carbocycles. The standard InChI is InChI=1S/C12H24N2O/c1-9-6-4-3-5-7-11(9)14-12(15)8-10(2)13/h9-11H,3-8,13H2,1-2H3,(H,14,15). The minimum absolute atomic E-state index is 0.0360. The fourth-order valence-electron chi connectivity index (χ4n) is 2.27. The quantitative estimate of drug-likeness (QED) is 0.701. The van der Waals surface area contributed by atoms with E-state index in [0.29, 0.717) is 18.4 Å². The number of nitrogens with one attached hydrogen (secondary N) is 1. The second-order valence-corrected chi connectivity index (χ2v) is 4.97. The van der Waals surface area contributed by atoms with E-state index in [1.54, 1.807) is 0 Å². The molecule has 3 N–H and O–H groups in total. The molecule has 0 spiro atoms. The molecule has 0 saturated heterocycles. The van der Waals surface area contributed by atoms with Crippen LogP contribution in [0.5, 0.6) is 0 Å². The molecule has 0 aromatic rings. The van der Waals surface area contributed by atoms with E-state index in [9.17, 15) is 4.79 Å². The van der Waals surface area contributed by atoms with E-state index in [0.717, 1.165) is 6.42 Å². The topological polar surface area (TPSA) is 55.1 Å². The molecule has 3 nitrogen and oxygen atoms in total. The fourth-order valence-corrected chi connectivity index (χ4v) is 2.27. The highest BCUT2D eigenvalue weighted by atomic mass is 16.1. The van der Waals surface area contributed by atoms with Crippen molar-refractivity contribution >= 4 is 5.91 Å². The molecule has 1 aliphatic rings. The molecular weight excluding hydrogens is 188 g/mol. The van der Waals surface area contributed by atoms with Crippen molar-refractivity contribution in [3.63, 3.8) is 0 Å². The van der Waals surface area contributed by atoms with E-state index in [-0.39, 0.29) is 11.9 Å². The molecule has 1 aliphatic carbocycles. The maximum absolute atomic E-state index is 11.6. The molecule has 1 amide bonds. The van der Waals surface area contributed by atoms with Gasteiger partial charge < -0.3 is 11.1 Å². The lowest BCUT2D eigenvalue weighted by molar-refractivity contribution is -0.122. The van der Waals surface area contributed by atoms with E-state index in [2.05, 4.69) is 12.2 Å². The van der Waals surface area contributed by atoms with E-state index in [4.69, 9.17) is 5.73 Å². The largest absolute Gasteiger partial charge is 0.353 e. The number of carbonyl (C=O) groups excluding carboxylic acids is 1. The Kier molecular flexibility index (Phi) is 5.09. The Morgan fingerprint density at radius 1 is 1.40 bits per heavy atom. The molecule has 0 aliphatic heterocycles. The Labute approximate surface area is 92.8 Å². The number of carbonyl (C=O) groups is 1. The normalized spacial score (nSPS) is 29.3. The fraction of sp³-hybridized carbons (Fsp3) is 0.917. The summed E-state index contributed by atoms with van der Waals surface area (Å²) in [5, 5.41) is 3.12. The molecule has 0 bridgehead atoms. The molecule has 0 aromatic heterocycles. The first-order valence-corrected chi connectivity index (χ1v) is 6.14. The molecule has 0 radical (unpaired) electrons. The van der Waals surface area contributed by atoms with Crippen molar-refractivity contribution in [3.8, 4) is 0 Å². The van der Waals surface area contributed by atoms with Gasteiger partial charge >= 0.3 is 0 Å². The van der Waals surface area contributed by atoms with Crippen LogP contribution in [0, 0.1) is 5.92 Å². The summed E-state index contributed by atoms with van der Waals surface area (Å²) in [7, 11) is 0. The van der Waals surface area contributed by atoms with Crippen LogP contribution in [0.15, 0.2) is 0 Å². The summed E-state index contributed by atoms with van der Waals surface area (Å²) < 4.78 is 0. The highest BCUT2D eigenvalue weighted by Crippen LogP contribution is 2.22. The van der Waals surface area contributed by atoms with Crippen molar-refractivity contribution < 1.29 is 4.79 Å². The summed E-state index contributed by atoms with van der Waals surface area (Å²) in [6.45, 7) is 4.11. The molecule has 1 rings (SSSR count). The zero-order valence-electron chi connectivity index (χ0n) is 9.96. The summed E-state index contributed by atoms with van der Waals surface area (Å²) in [4.78, 5) is 11.6. The van der Waals surface area contributed by atoms with E-state index in [1.807, 2.05) is 6.92 Å². The van der Waals surface area contributed by atoms with Gasteiger partial charge in [-0.2, -0.15) is 0 Å². The SMILES string of the molecule is CC(N)CC(=O)NC1CCCCCC1C. The Hall–Kier alpha value is -0.570. The first kappa shape index (κ1) is 12.5. The zero-order chi connectivity index (χ0) is 11.3. The molecule has 1 fully saturated rings. The minimum atomic E-state index is -0.0360. The second-order valence-electron chi connectivity index (χ2n) is 4.97.